The highest BCUT2D eigenvalue weighted by Crippen LogP contribution is 2.39. The predicted molar refractivity (Wildman–Crippen MR) is 72.7 cm³/mol. The summed E-state index contributed by atoms with van der Waals surface area (Å²) in [5.74, 6) is 0. The lowest BCUT2D eigenvalue weighted by Gasteiger charge is -2.37. The van der Waals surface area contributed by atoms with Crippen LogP contribution in [0, 0.1) is 0 Å². The highest BCUT2D eigenvalue weighted by Gasteiger charge is 2.30. The number of nitrogens with zero attached hydrogens (tertiary/aromatic N) is 1. The monoisotopic (exact) mass is 250 g/mol. The fraction of sp³-hybridized carbons (Fsp3) is 0.571. The Morgan fingerprint density at radius 1 is 1.29 bits per heavy atom. The summed E-state index contributed by atoms with van der Waals surface area (Å²) in [5, 5.41) is 4.37. The van der Waals surface area contributed by atoms with Crippen LogP contribution in [0.2, 0.25) is 5.02 Å². The second-order valence-corrected chi connectivity index (χ2v) is 5.71. The molecule has 0 aromatic heterocycles. The van der Waals surface area contributed by atoms with Gasteiger partial charge in [0.1, 0.15) is 0 Å². The van der Waals surface area contributed by atoms with Crippen LogP contribution in [0.3, 0.4) is 0 Å². The van der Waals surface area contributed by atoms with Crippen molar-refractivity contribution in [2.75, 3.05) is 18.4 Å². The second kappa shape index (κ2) is 4.51. The van der Waals surface area contributed by atoms with Crippen LogP contribution in [0.4, 0.5) is 5.69 Å². The normalized spacial score (nSPS) is 28.8. The number of likely N-dealkylation sites (tertiary alicyclic amines) is 1. The Kier molecular flexibility index (Phi) is 3.01. The summed E-state index contributed by atoms with van der Waals surface area (Å²) < 4.78 is 0. The largest absolute Gasteiger partial charge is 0.382 e. The lowest BCUT2D eigenvalue weighted by Crippen LogP contribution is -2.34. The Morgan fingerprint density at radius 3 is 2.82 bits per heavy atom. The van der Waals surface area contributed by atoms with Crippen molar-refractivity contribution in [3.8, 4) is 0 Å². The summed E-state index contributed by atoms with van der Waals surface area (Å²) >= 11 is 6.08. The van der Waals surface area contributed by atoms with E-state index in [1.807, 2.05) is 6.07 Å². The van der Waals surface area contributed by atoms with E-state index >= 15 is 0 Å². The third kappa shape index (κ3) is 2.16. The van der Waals surface area contributed by atoms with Crippen molar-refractivity contribution in [3.05, 3.63) is 28.8 Å². The molecule has 1 fully saturated rings. The topological polar surface area (TPSA) is 15.3 Å². The predicted octanol–water partition coefficient (Wildman–Crippen LogP) is 3.68. The van der Waals surface area contributed by atoms with Crippen LogP contribution < -0.4 is 5.32 Å². The van der Waals surface area contributed by atoms with Crippen LogP contribution in [-0.2, 0) is 0 Å². The van der Waals surface area contributed by atoms with Crippen LogP contribution in [0.25, 0.3) is 0 Å². The Morgan fingerprint density at radius 2 is 2.06 bits per heavy atom. The first-order valence-corrected chi connectivity index (χ1v) is 6.92. The highest BCUT2D eigenvalue weighted by molar-refractivity contribution is 6.30. The summed E-state index contributed by atoms with van der Waals surface area (Å²) in [6.07, 6.45) is 3.90. The fourth-order valence-electron chi connectivity index (χ4n) is 3.13. The zero-order valence-electron chi connectivity index (χ0n) is 10.2. The number of hydrogen-bond acceptors (Lipinski definition) is 2. The van der Waals surface area contributed by atoms with Gasteiger partial charge in [-0.2, -0.15) is 0 Å². The van der Waals surface area contributed by atoms with E-state index in [9.17, 15) is 0 Å². The molecule has 0 radical (unpaired) electrons. The number of rotatable bonds is 1. The molecule has 2 unspecified atom stereocenters. The van der Waals surface area contributed by atoms with Gasteiger partial charge in [-0.05, 0) is 57.0 Å². The summed E-state index contributed by atoms with van der Waals surface area (Å²) in [6, 6.07) is 7.39. The Balaban J connectivity index is 1.95. The van der Waals surface area contributed by atoms with Gasteiger partial charge >= 0.3 is 0 Å². The molecule has 3 rings (SSSR count). The zero-order valence-corrected chi connectivity index (χ0v) is 11.0. The van der Waals surface area contributed by atoms with Gasteiger partial charge in [-0.25, -0.2) is 0 Å². The molecule has 92 valence electrons. The number of fused-ring (bicyclic) bond motifs is 1. The molecule has 1 N–H and O–H groups in total. The molecule has 0 amide bonds. The van der Waals surface area contributed by atoms with Crippen LogP contribution in [0.15, 0.2) is 18.2 Å². The Hall–Kier alpha value is -0.730. The van der Waals surface area contributed by atoms with E-state index in [4.69, 9.17) is 11.6 Å². The molecule has 2 aliphatic heterocycles. The van der Waals surface area contributed by atoms with E-state index in [1.54, 1.807) is 0 Å². The van der Waals surface area contributed by atoms with Gasteiger partial charge in [-0.15, -0.1) is 0 Å². The SMILES string of the molecule is CC1CC(N2CCCC2)c2ccc(Cl)cc2N1. The van der Waals surface area contributed by atoms with Gasteiger partial charge in [0.05, 0.1) is 0 Å². The molecule has 1 aromatic carbocycles. The first kappa shape index (κ1) is 11.4. The van der Waals surface area contributed by atoms with E-state index in [0.29, 0.717) is 12.1 Å². The molecular formula is C14H19ClN2. The third-order valence-corrected chi connectivity index (χ3v) is 4.17. The summed E-state index contributed by atoms with van der Waals surface area (Å²) in [6.45, 7) is 4.76. The molecule has 1 saturated heterocycles. The second-order valence-electron chi connectivity index (χ2n) is 5.27. The van der Waals surface area contributed by atoms with Crippen molar-refractivity contribution < 1.29 is 0 Å². The number of benzene rings is 1. The Labute approximate surface area is 108 Å². The van der Waals surface area contributed by atoms with Crippen LogP contribution in [0.5, 0.6) is 0 Å². The maximum absolute atomic E-state index is 6.08. The smallest absolute Gasteiger partial charge is 0.0426 e. The molecule has 2 atom stereocenters. The maximum Gasteiger partial charge on any atom is 0.0426 e. The van der Waals surface area contributed by atoms with E-state index in [-0.39, 0.29) is 0 Å². The average molecular weight is 251 g/mol. The maximum atomic E-state index is 6.08. The standard InChI is InChI=1S/C14H19ClN2/c1-10-8-14(17-6-2-3-7-17)12-5-4-11(15)9-13(12)16-10/h4-5,9-10,14,16H,2-3,6-8H2,1H3. The van der Waals surface area contributed by atoms with Crippen LogP contribution >= 0.6 is 11.6 Å². The summed E-state index contributed by atoms with van der Waals surface area (Å²) in [7, 11) is 0. The quantitative estimate of drug-likeness (QED) is 0.818. The Bertz CT molecular complexity index is 413. The number of anilines is 1. The zero-order chi connectivity index (χ0) is 11.8. The van der Waals surface area contributed by atoms with E-state index in [2.05, 4.69) is 29.3 Å². The molecular weight excluding hydrogens is 232 g/mol. The van der Waals surface area contributed by atoms with E-state index < -0.39 is 0 Å². The molecule has 1 aromatic rings. The van der Waals surface area contributed by atoms with Crippen LogP contribution in [-0.4, -0.2) is 24.0 Å². The summed E-state index contributed by atoms with van der Waals surface area (Å²) in [5.41, 5.74) is 2.66. The minimum atomic E-state index is 0.534. The fourth-order valence-corrected chi connectivity index (χ4v) is 3.30. The van der Waals surface area contributed by atoms with Crippen molar-refractivity contribution in [1.82, 2.24) is 4.90 Å². The van der Waals surface area contributed by atoms with Gasteiger partial charge in [0, 0.05) is 22.8 Å². The first-order chi connectivity index (χ1) is 8.24. The van der Waals surface area contributed by atoms with Crippen LogP contribution in [0.1, 0.15) is 37.8 Å². The lowest BCUT2D eigenvalue weighted by atomic mass is 9.92. The van der Waals surface area contributed by atoms with Crippen molar-refractivity contribution in [3.63, 3.8) is 0 Å². The number of halogens is 1. The molecule has 17 heavy (non-hydrogen) atoms. The van der Waals surface area contributed by atoms with Gasteiger partial charge in [-0.3, -0.25) is 4.90 Å². The van der Waals surface area contributed by atoms with Crippen molar-refractivity contribution >= 4 is 17.3 Å². The highest BCUT2D eigenvalue weighted by atomic mass is 35.5. The molecule has 2 nitrogen and oxygen atoms in total. The molecule has 3 heteroatoms. The molecule has 0 spiro atoms. The van der Waals surface area contributed by atoms with E-state index in [1.165, 1.54) is 43.6 Å². The van der Waals surface area contributed by atoms with Crippen molar-refractivity contribution in [2.24, 2.45) is 0 Å². The van der Waals surface area contributed by atoms with Gasteiger partial charge < -0.3 is 5.32 Å². The van der Waals surface area contributed by atoms with Crippen molar-refractivity contribution in [1.29, 1.82) is 0 Å². The molecule has 2 heterocycles. The minimum absolute atomic E-state index is 0.534. The molecule has 0 bridgehead atoms. The number of nitrogens with one attached hydrogen (secondary N) is 1. The average Bonchev–Trinajstić information content (AvgIpc) is 2.80. The lowest BCUT2D eigenvalue weighted by molar-refractivity contribution is 0.223. The first-order valence-electron chi connectivity index (χ1n) is 6.54. The summed E-state index contributed by atoms with van der Waals surface area (Å²) in [4.78, 5) is 2.63. The van der Waals surface area contributed by atoms with Gasteiger partial charge in [0.25, 0.3) is 0 Å². The van der Waals surface area contributed by atoms with Gasteiger partial charge in [-0.1, -0.05) is 17.7 Å². The van der Waals surface area contributed by atoms with Crippen molar-refractivity contribution in [2.45, 2.75) is 38.3 Å². The minimum Gasteiger partial charge on any atom is -0.382 e. The molecule has 0 aliphatic carbocycles. The molecule has 0 saturated carbocycles. The number of hydrogen-bond donors (Lipinski definition) is 1. The van der Waals surface area contributed by atoms with Gasteiger partial charge in [0.2, 0.25) is 0 Å². The third-order valence-electron chi connectivity index (χ3n) is 3.93. The van der Waals surface area contributed by atoms with E-state index in [0.717, 1.165) is 5.02 Å². The molecule has 2 aliphatic rings. The van der Waals surface area contributed by atoms with Gasteiger partial charge in [0.15, 0.2) is 0 Å².